The Balaban J connectivity index is 1.61. The third-order valence-electron chi connectivity index (χ3n) is 4.73. The van der Waals surface area contributed by atoms with Gasteiger partial charge in [0.15, 0.2) is 0 Å². The van der Waals surface area contributed by atoms with Gasteiger partial charge in [0.25, 0.3) is 0 Å². The van der Waals surface area contributed by atoms with Crippen molar-refractivity contribution >= 4 is 17.6 Å². The van der Waals surface area contributed by atoms with Gasteiger partial charge in [0.1, 0.15) is 5.69 Å². The minimum Gasteiger partial charge on any atom is -0.349 e. The van der Waals surface area contributed by atoms with Crippen molar-refractivity contribution in [1.29, 1.82) is 0 Å². The molecule has 0 N–H and O–H groups in total. The molecule has 0 atom stereocenters. The van der Waals surface area contributed by atoms with Crippen LogP contribution in [0.1, 0.15) is 18.2 Å². The second-order valence-electron chi connectivity index (χ2n) is 6.45. The first-order valence-electron chi connectivity index (χ1n) is 8.99. The highest BCUT2D eigenvalue weighted by Gasteiger charge is 2.31. The van der Waals surface area contributed by atoms with E-state index in [2.05, 4.69) is 39.2 Å². The molecule has 0 spiro atoms. The lowest BCUT2D eigenvalue weighted by Gasteiger charge is -2.34. The van der Waals surface area contributed by atoms with Crippen molar-refractivity contribution < 1.29 is 4.92 Å². The Kier molecular flexibility index (Phi) is 5.68. The van der Waals surface area contributed by atoms with E-state index < -0.39 is 0 Å². The number of nitro groups is 1. The second kappa shape index (κ2) is 8.14. The summed E-state index contributed by atoms with van der Waals surface area (Å²) in [7, 11) is 1.79. The molecule has 1 aromatic carbocycles. The number of hydrogen-bond donors (Lipinski definition) is 0. The molecule has 0 unspecified atom stereocenters. The quantitative estimate of drug-likeness (QED) is 0.589. The minimum atomic E-state index is -0.295. The molecule has 1 fully saturated rings. The first-order chi connectivity index (χ1) is 12.6. The normalized spacial score (nSPS) is 15.7. The van der Waals surface area contributed by atoms with Crippen molar-refractivity contribution in [3.63, 3.8) is 0 Å². The predicted octanol–water partition coefficient (Wildman–Crippen LogP) is 2.73. The lowest BCUT2D eigenvalue weighted by molar-refractivity contribution is -0.384. The topological polar surface area (TPSA) is 67.4 Å². The molecule has 7 nitrogen and oxygen atoms in total. The molecule has 0 bridgehead atoms. The van der Waals surface area contributed by atoms with Crippen LogP contribution in [0.3, 0.4) is 0 Å². The van der Waals surface area contributed by atoms with Gasteiger partial charge in [-0.15, -0.1) is 0 Å². The van der Waals surface area contributed by atoms with Crippen LogP contribution in [0.4, 0.5) is 11.5 Å². The standard InChI is InChI=1S/C19H25N5O2/c1-3-17-18(24(25)26)19(21(2)20-17)23-14-12-22(13-15-23)11-7-10-16-8-5-4-6-9-16/h4-10H,3,11-15H2,1-2H3/b10-7+. The molecule has 138 valence electrons. The molecule has 2 aromatic rings. The van der Waals surface area contributed by atoms with Gasteiger partial charge < -0.3 is 4.90 Å². The van der Waals surface area contributed by atoms with E-state index in [-0.39, 0.29) is 10.6 Å². The van der Waals surface area contributed by atoms with Gasteiger partial charge in [-0.2, -0.15) is 5.10 Å². The zero-order chi connectivity index (χ0) is 18.5. The summed E-state index contributed by atoms with van der Waals surface area (Å²) in [6.07, 6.45) is 4.87. The molecule has 2 heterocycles. The maximum absolute atomic E-state index is 11.5. The van der Waals surface area contributed by atoms with Gasteiger partial charge >= 0.3 is 5.69 Å². The van der Waals surface area contributed by atoms with E-state index in [0.717, 1.165) is 32.7 Å². The van der Waals surface area contributed by atoms with Gasteiger partial charge in [-0.05, 0) is 12.0 Å². The van der Waals surface area contributed by atoms with Crippen LogP contribution in [-0.4, -0.2) is 52.3 Å². The minimum absolute atomic E-state index is 0.160. The molecule has 26 heavy (non-hydrogen) atoms. The molecule has 0 aliphatic carbocycles. The Morgan fingerprint density at radius 2 is 1.88 bits per heavy atom. The van der Waals surface area contributed by atoms with Crippen molar-refractivity contribution in [3.05, 3.63) is 57.8 Å². The summed E-state index contributed by atoms with van der Waals surface area (Å²) in [6.45, 7) is 6.07. The first-order valence-corrected chi connectivity index (χ1v) is 8.99. The Morgan fingerprint density at radius 1 is 1.19 bits per heavy atom. The molecule has 0 saturated carbocycles. The molecule has 3 rings (SSSR count). The SMILES string of the molecule is CCc1nn(C)c(N2CCN(C/C=C/c3ccccc3)CC2)c1[N+](=O)[O-]. The van der Waals surface area contributed by atoms with Gasteiger partial charge in [-0.1, -0.05) is 49.4 Å². The summed E-state index contributed by atoms with van der Waals surface area (Å²) in [5, 5.41) is 15.8. The molecular formula is C19H25N5O2. The van der Waals surface area contributed by atoms with E-state index in [4.69, 9.17) is 0 Å². The van der Waals surface area contributed by atoms with Crippen molar-refractivity contribution in [1.82, 2.24) is 14.7 Å². The number of nitrogens with zero attached hydrogens (tertiary/aromatic N) is 5. The second-order valence-corrected chi connectivity index (χ2v) is 6.45. The Bertz CT molecular complexity index is 777. The number of hydrogen-bond acceptors (Lipinski definition) is 5. The van der Waals surface area contributed by atoms with E-state index >= 15 is 0 Å². The van der Waals surface area contributed by atoms with Crippen LogP contribution < -0.4 is 4.90 Å². The molecule has 7 heteroatoms. The van der Waals surface area contributed by atoms with Crippen molar-refractivity contribution in [2.45, 2.75) is 13.3 Å². The van der Waals surface area contributed by atoms with Crippen LogP contribution in [0.25, 0.3) is 6.08 Å². The van der Waals surface area contributed by atoms with E-state index in [1.54, 1.807) is 11.7 Å². The highest BCUT2D eigenvalue weighted by atomic mass is 16.6. The number of benzene rings is 1. The average Bonchev–Trinajstić information content (AvgIpc) is 3.00. The molecule has 1 saturated heterocycles. The number of piperazine rings is 1. The highest BCUT2D eigenvalue weighted by Crippen LogP contribution is 2.32. The number of aryl methyl sites for hydroxylation is 2. The van der Waals surface area contributed by atoms with E-state index in [1.165, 1.54) is 5.56 Å². The first kappa shape index (κ1) is 18.1. The summed E-state index contributed by atoms with van der Waals surface area (Å²) in [4.78, 5) is 15.7. The van der Waals surface area contributed by atoms with Crippen LogP contribution in [0.2, 0.25) is 0 Å². The Morgan fingerprint density at radius 3 is 2.50 bits per heavy atom. The summed E-state index contributed by atoms with van der Waals surface area (Å²) < 4.78 is 1.65. The fraction of sp³-hybridized carbons (Fsp3) is 0.421. The van der Waals surface area contributed by atoms with Crippen LogP contribution in [0.5, 0.6) is 0 Å². The number of aromatic nitrogens is 2. The monoisotopic (exact) mass is 355 g/mol. The lowest BCUT2D eigenvalue weighted by atomic mass is 10.2. The number of rotatable bonds is 6. The predicted molar refractivity (Wildman–Crippen MR) is 103 cm³/mol. The lowest BCUT2D eigenvalue weighted by Crippen LogP contribution is -2.47. The van der Waals surface area contributed by atoms with Crippen molar-refractivity contribution in [3.8, 4) is 0 Å². The molecular weight excluding hydrogens is 330 g/mol. The largest absolute Gasteiger partial charge is 0.349 e. The molecule has 0 radical (unpaired) electrons. The van der Waals surface area contributed by atoms with Crippen LogP contribution in [0.15, 0.2) is 36.4 Å². The van der Waals surface area contributed by atoms with E-state index in [9.17, 15) is 10.1 Å². The molecule has 1 aromatic heterocycles. The highest BCUT2D eigenvalue weighted by molar-refractivity contribution is 5.62. The zero-order valence-electron chi connectivity index (χ0n) is 15.3. The Labute approximate surface area is 153 Å². The summed E-state index contributed by atoms with van der Waals surface area (Å²) in [5.74, 6) is 0.631. The zero-order valence-corrected chi connectivity index (χ0v) is 15.3. The third-order valence-corrected chi connectivity index (χ3v) is 4.73. The van der Waals surface area contributed by atoms with Crippen molar-refractivity contribution in [2.75, 3.05) is 37.6 Å². The molecule has 1 aliphatic heterocycles. The fourth-order valence-corrected chi connectivity index (χ4v) is 3.38. The van der Waals surface area contributed by atoms with Gasteiger partial charge in [0.2, 0.25) is 5.82 Å². The summed E-state index contributed by atoms with van der Waals surface area (Å²) >= 11 is 0. The average molecular weight is 355 g/mol. The fourth-order valence-electron chi connectivity index (χ4n) is 3.38. The van der Waals surface area contributed by atoms with Gasteiger partial charge in [-0.3, -0.25) is 15.0 Å². The number of anilines is 1. The van der Waals surface area contributed by atoms with Crippen LogP contribution in [-0.2, 0) is 13.5 Å². The smallest absolute Gasteiger partial charge is 0.334 e. The molecule has 1 aliphatic rings. The Hall–Kier alpha value is -2.67. The van der Waals surface area contributed by atoms with E-state index in [1.807, 2.05) is 25.1 Å². The van der Waals surface area contributed by atoms with E-state index in [0.29, 0.717) is 17.9 Å². The van der Waals surface area contributed by atoms with Crippen LogP contribution in [0, 0.1) is 10.1 Å². The summed E-state index contributed by atoms with van der Waals surface area (Å²) in [5.41, 5.74) is 1.91. The van der Waals surface area contributed by atoms with Crippen LogP contribution >= 0.6 is 0 Å². The third kappa shape index (κ3) is 3.94. The van der Waals surface area contributed by atoms with Gasteiger partial charge in [-0.25, -0.2) is 4.68 Å². The molecule has 0 amide bonds. The maximum Gasteiger partial charge on any atom is 0.334 e. The van der Waals surface area contributed by atoms with Gasteiger partial charge in [0, 0.05) is 39.8 Å². The summed E-state index contributed by atoms with van der Waals surface area (Å²) in [6, 6.07) is 10.2. The van der Waals surface area contributed by atoms with Gasteiger partial charge in [0.05, 0.1) is 4.92 Å². The van der Waals surface area contributed by atoms with Crippen molar-refractivity contribution in [2.24, 2.45) is 7.05 Å². The maximum atomic E-state index is 11.5.